The van der Waals surface area contributed by atoms with Crippen molar-refractivity contribution in [2.45, 2.75) is 23.5 Å². The molecule has 0 radical (unpaired) electrons. The Morgan fingerprint density at radius 3 is 2.70 bits per heavy atom. The summed E-state index contributed by atoms with van der Waals surface area (Å²) < 4.78 is 0. The maximum absolute atomic E-state index is 11.0. The van der Waals surface area contributed by atoms with E-state index >= 15 is 0 Å². The van der Waals surface area contributed by atoms with E-state index < -0.39 is 0 Å². The van der Waals surface area contributed by atoms with Crippen LogP contribution in [0.25, 0.3) is 0 Å². The van der Waals surface area contributed by atoms with Crippen molar-refractivity contribution in [3.05, 3.63) is 0 Å². The summed E-state index contributed by atoms with van der Waals surface area (Å²) >= 11 is 1.96. The van der Waals surface area contributed by atoms with E-state index in [0.29, 0.717) is 11.0 Å². The molecule has 56 valence electrons. The lowest BCUT2D eigenvalue weighted by Crippen LogP contribution is -2.35. The summed E-state index contributed by atoms with van der Waals surface area (Å²) in [5.74, 6) is 0.333. The van der Waals surface area contributed by atoms with Crippen LogP contribution in [0.5, 0.6) is 0 Å². The molecule has 2 aliphatic rings. The van der Waals surface area contributed by atoms with Crippen molar-refractivity contribution in [2.24, 2.45) is 0 Å². The van der Waals surface area contributed by atoms with Crippen LogP contribution in [0, 0.1) is 0 Å². The van der Waals surface area contributed by atoms with Crippen molar-refractivity contribution in [3.8, 4) is 0 Å². The quantitative estimate of drug-likeness (QED) is 0.513. The normalized spacial score (nSPS) is 45.2. The Bertz CT molecular complexity index is 180. The topological polar surface area (TPSA) is 20.3 Å². The maximum atomic E-state index is 11.0. The molecule has 2 saturated heterocycles. The van der Waals surface area contributed by atoms with E-state index in [2.05, 4.69) is 4.90 Å². The molecule has 0 amide bonds. The van der Waals surface area contributed by atoms with E-state index in [0.717, 1.165) is 11.8 Å². The number of hydrogen-bond donors (Lipinski definition) is 0. The van der Waals surface area contributed by atoms with E-state index in [9.17, 15) is 4.79 Å². The van der Waals surface area contributed by atoms with Gasteiger partial charge in [0.1, 0.15) is 5.78 Å². The van der Waals surface area contributed by atoms with Crippen LogP contribution in [0.2, 0.25) is 0 Å². The Kier molecular flexibility index (Phi) is 1.32. The van der Waals surface area contributed by atoms with Gasteiger partial charge < -0.3 is 0 Å². The molecule has 0 aromatic heterocycles. The van der Waals surface area contributed by atoms with Gasteiger partial charge in [-0.3, -0.25) is 9.69 Å². The first kappa shape index (κ1) is 6.68. The zero-order valence-electron chi connectivity index (χ0n) is 6.20. The molecule has 0 N–H and O–H groups in total. The Morgan fingerprint density at radius 2 is 2.40 bits per heavy atom. The van der Waals surface area contributed by atoms with Gasteiger partial charge in [-0.2, -0.15) is 0 Å². The van der Waals surface area contributed by atoms with Gasteiger partial charge in [-0.05, 0) is 14.0 Å². The summed E-state index contributed by atoms with van der Waals surface area (Å²) in [6, 6.07) is 0.231. The van der Waals surface area contributed by atoms with Crippen molar-refractivity contribution >= 4 is 17.5 Å². The zero-order valence-corrected chi connectivity index (χ0v) is 7.02. The molecule has 3 atom stereocenters. The lowest BCUT2D eigenvalue weighted by Gasteiger charge is -2.18. The summed E-state index contributed by atoms with van der Waals surface area (Å²) in [7, 11) is 2.04. The molecule has 2 fully saturated rings. The maximum Gasteiger partial charge on any atom is 0.148 e. The first-order valence-corrected chi connectivity index (χ1v) is 4.50. The molecule has 0 spiro atoms. The van der Waals surface area contributed by atoms with Gasteiger partial charge in [0.2, 0.25) is 0 Å². The summed E-state index contributed by atoms with van der Waals surface area (Å²) in [5, 5.41) is 1.42. The smallest absolute Gasteiger partial charge is 0.148 e. The van der Waals surface area contributed by atoms with E-state index in [4.69, 9.17) is 0 Å². The van der Waals surface area contributed by atoms with Gasteiger partial charge in [-0.25, -0.2) is 0 Å². The Balaban J connectivity index is 2.12. The second kappa shape index (κ2) is 1.98. The SMILES string of the molecule is CC(=O)C1C2SC2CN1C. The molecule has 0 aromatic rings. The average Bonchev–Trinajstić information content (AvgIpc) is 2.42. The minimum atomic E-state index is 0.231. The molecular formula is C7H11NOS. The lowest BCUT2D eigenvalue weighted by molar-refractivity contribution is -0.120. The van der Waals surface area contributed by atoms with Crippen LogP contribution >= 0.6 is 11.8 Å². The molecule has 0 bridgehead atoms. The lowest BCUT2D eigenvalue weighted by atomic mass is 10.1. The summed E-state index contributed by atoms with van der Waals surface area (Å²) in [6.45, 7) is 2.81. The molecule has 0 saturated carbocycles. The third-order valence-electron chi connectivity index (χ3n) is 2.29. The molecule has 3 unspecified atom stereocenters. The molecule has 2 nitrogen and oxygen atoms in total. The summed E-state index contributed by atoms with van der Waals surface area (Å²) in [6.07, 6.45) is 0. The Labute approximate surface area is 65.0 Å². The van der Waals surface area contributed by atoms with Crippen LogP contribution in [0.4, 0.5) is 0 Å². The van der Waals surface area contributed by atoms with Gasteiger partial charge in [0.05, 0.1) is 6.04 Å². The van der Waals surface area contributed by atoms with Gasteiger partial charge in [-0.1, -0.05) is 0 Å². The predicted molar refractivity (Wildman–Crippen MR) is 42.3 cm³/mol. The Morgan fingerprint density at radius 1 is 1.70 bits per heavy atom. The number of thioether (sulfide) groups is 1. The number of carbonyl (C=O) groups is 1. The van der Waals surface area contributed by atoms with Crippen LogP contribution in [-0.2, 0) is 4.79 Å². The predicted octanol–water partition coefficient (Wildman–Crippen LogP) is 0.373. The number of Topliss-reactive ketones (excluding diaryl/α,β-unsaturated/α-hetero) is 1. The molecule has 3 heteroatoms. The third-order valence-corrected chi connectivity index (χ3v) is 3.67. The average molecular weight is 157 g/mol. The second-order valence-electron chi connectivity index (χ2n) is 3.13. The summed E-state index contributed by atoms with van der Waals surface area (Å²) in [4.78, 5) is 13.2. The van der Waals surface area contributed by atoms with Gasteiger partial charge in [0, 0.05) is 17.0 Å². The number of hydrogen-bond acceptors (Lipinski definition) is 3. The fourth-order valence-corrected chi connectivity index (χ4v) is 3.19. The van der Waals surface area contributed by atoms with Crippen LogP contribution in [0.3, 0.4) is 0 Å². The fraction of sp³-hybridized carbons (Fsp3) is 0.857. The molecule has 2 aliphatic heterocycles. The molecule has 2 heterocycles. The van der Waals surface area contributed by atoms with Gasteiger partial charge in [0.15, 0.2) is 0 Å². The van der Waals surface area contributed by atoms with Crippen LogP contribution in [0.15, 0.2) is 0 Å². The van der Waals surface area contributed by atoms with Gasteiger partial charge >= 0.3 is 0 Å². The first-order chi connectivity index (χ1) is 4.70. The van der Waals surface area contributed by atoms with Gasteiger partial charge in [0.25, 0.3) is 0 Å². The molecule has 10 heavy (non-hydrogen) atoms. The largest absolute Gasteiger partial charge is 0.298 e. The Hall–Kier alpha value is -0.0200. The van der Waals surface area contributed by atoms with E-state index in [1.54, 1.807) is 6.92 Å². The van der Waals surface area contributed by atoms with Crippen molar-refractivity contribution in [1.82, 2.24) is 4.90 Å². The summed E-state index contributed by atoms with van der Waals surface area (Å²) in [5.41, 5.74) is 0. The monoisotopic (exact) mass is 157 g/mol. The highest BCUT2D eigenvalue weighted by atomic mass is 32.2. The number of likely N-dealkylation sites (N-methyl/N-ethyl adjacent to an activating group) is 1. The van der Waals surface area contributed by atoms with Crippen LogP contribution in [-0.4, -0.2) is 40.8 Å². The van der Waals surface area contributed by atoms with E-state index in [1.165, 1.54) is 0 Å². The zero-order chi connectivity index (χ0) is 7.30. The fourth-order valence-electron chi connectivity index (χ4n) is 1.77. The van der Waals surface area contributed by atoms with E-state index in [1.807, 2.05) is 18.8 Å². The molecule has 2 rings (SSSR count). The van der Waals surface area contributed by atoms with Crippen molar-refractivity contribution in [2.75, 3.05) is 13.6 Å². The molecule has 0 aliphatic carbocycles. The number of likely N-dealkylation sites (tertiary alicyclic amines) is 1. The van der Waals surface area contributed by atoms with Crippen LogP contribution < -0.4 is 0 Å². The van der Waals surface area contributed by atoms with Crippen molar-refractivity contribution in [3.63, 3.8) is 0 Å². The minimum Gasteiger partial charge on any atom is -0.298 e. The number of nitrogens with zero attached hydrogens (tertiary/aromatic N) is 1. The number of carbonyl (C=O) groups excluding carboxylic acids is 1. The number of ketones is 1. The highest BCUT2D eigenvalue weighted by molar-refractivity contribution is 8.07. The first-order valence-electron chi connectivity index (χ1n) is 3.56. The van der Waals surface area contributed by atoms with Crippen molar-refractivity contribution in [1.29, 1.82) is 0 Å². The molecular weight excluding hydrogens is 146 g/mol. The minimum absolute atomic E-state index is 0.231. The standard InChI is InChI=1S/C7H11NOS/c1-4(9)6-7-5(10-7)3-8(6)2/h5-7H,3H2,1-2H3. The highest BCUT2D eigenvalue weighted by Gasteiger charge is 2.54. The number of rotatable bonds is 1. The van der Waals surface area contributed by atoms with Crippen molar-refractivity contribution < 1.29 is 4.79 Å². The molecule has 0 aromatic carbocycles. The van der Waals surface area contributed by atoms with Crippen LogP contribution in [0.1, 0.15) is 6.92 Å². The second-order valence-corrected chi connectivity index (χ2v) is 4.56. The highest BCUT2D eigenvalue weighted by Crippen LogP contribution is 2.50. The van der Waals surface area contributed by atoms with E-state index in [-0.39, 0.29) is 6.04 Å². The van der Waals surface area contributed by atoms with Gasteiger partial charge in [-0.15, -0.1) is 11.8 Å². The third kappa shape index (κ3) is 0.805. The number of fused-ring (bicyclic) bond motifs is 1.